The molecule has 17 heavy (non-hydrogen) atoms. The van der Waals surface area contributed by atoms with Gasteiger partial charge in [0.25, 0.3) is 5.24 Å². The second-order valence-corrected chi connectivity index (χ2v) is 4.73. The summed E-state index contributed by atoms with van der Waals surface area (Å²) in [6.45, 7) is 0. The zero-order chi connectivity index (χ0) is 12.4. The highest BCUT2D eigenvalue weighted by Gasteiger charge is 2.15. The van der Waals surface area contributed by atoms with Crippen molar-refractivity contribution in [1.82, 2.24) is 0 Å². The van der Waals surface area contributed by atoms with E-state index >= 15 is 0 Å². The molecule has 0 bridgehead atoms. The smallest absolute Gasteiger partial charge is 0.255 e. The van der Waals surface area contributed by atoms with Crippen molar-refractivity contribution in [3.63, 3.8) is 0 Å². The minimum absolute atomic E-state index is 0.124. The van der Waals surface area contributed by atoms with Crippen LogP contribution in [0.4, 0.5) is 0 Å². The lowest BCUT2D eigenvalue weighted by molar-refractivity contribution is -0.106. The Labute approximate surface area is 114 Å². The number of rotatable bonds is 2. The summed E-state index contributed by atoms with van der Waals surface area (Å²) in [6, 6.07) is 13.2. The summed E-state index contributed by atoms with van der Waals surface area (Å²) in [5.74, 6) is 0. The van der Waals surface area contributed by atoms with Gasteiger partial charge in [0.2, 0.25) is 0 Å². The lowest BCUT2D eigenvalue weighted by Crippen LogP contribution is -1.95. The first-order chi connectivity index (χ1) is 8.11. The maximum absolute atomic E-state index is 11.4. The fraction of sp³-hybridized carbons (Fsp3) is 0. The van der Waals surface area contributed by atoms with Crippen molar-refractivity contribution < 1.29 is 4.79 Å². The summed E-state index contributed by atoms with van der Waals surface area (Å²) in [6.07, 6.45) is 0. The Hall–Kier alpha value is -1.02. The zero-order valence-corrected chi connectivity index (χ0v) is 10.9. The van der Waals surface area contributed by atoms with E-state index in [0.29, 0.717) is 5.56 Å². The van der Waals surface area contributed by atoms with Gasteiger partial charge in [-0.1, -0.05) is 65.7 Å². The van der Waals surface area contributed by atoms with Crippen LogP contribution in [0, 0.1) is 0 Å². The van der Waals surface area contributed by atoms with Gasteiger partial charge < -0.3 is 0 Å². The quantitative estimate of drug-likeness (QED) is 0.575. The summed E-state index contributed by atoms with van der Waals surface area (Å²) in [7, 11) is 0. The Kier molecular flexibility index (Phi) is 3.72. The highest BCUT2D eigenvalue weighted by atomic mass is 35.5. The molecule has 0 saturated carbocycles. The second kappa shape index (κ2) is 5.09. The summed E-state index contributed by atoms with van der Waals surface area (Å²) in [4.78, 5) is 11.4. The molecule has 0 aliphatic carbocycles. The molecular weight excluding hydrogens is 279 g/mol. The van der Waals surface area contributed by atoms with E-state index in [-0.39, 0.29) is 10.1 Å². The predicted octanol–water partition coefficient (Wildman–Crippen LogP) is 4.75. The first-order valence-corrected chi connectivity index (χ1v) is 5.98. The van der Waals surface area contributed by atoms with Crippen LogP contribution in [-0.4, -0.2) is 5.24 Å². The molecule has 0 N–H and O–H groups in total. The minimum atomic E-state index is -0.665. The molecule has 4 heteroatoms. The molecule has 86 valence electrons. The maximum atomic E-state index is 11.4. The largest absolute Gasteiger partial charge is 0.275 e. The van der Waals surface area contributed by atoms with Crippen molar-refractivity contribution >= 4 is 56.4 Å². The van der Waals surface area contributed by atoms with Gasteiger partial charge in [-0.05, 0) is 27.9 Å². The van der Waals surface area contributed by atoms with Crippen LogP contribution in [-0.2, 0) is 4.79 Å². The fourth-order valence-corrected chi connectivity index (χ4v) is 2.39. The van der Waals surface area contributed by atoms with Crippen LogP contribution in [0.2, 0.25) is 0 Å². The van der Waals surface area contributed by atoms with Crippen molar-refractivity contribution in [2.24, 2.45) is 0 Å². The number of fused-ring (bicyclic) bond motifs is 1. The molecule has 0 radical (unpaired) electrons. The van der Waals surface area contributed by atoms with Gasteiger partial charge in [0, 0.05) is 0 Å². The molecular formula is C13H7Cl3O. The molecule has 0 amide bonds. The predicted molar refractivity (Wildman–Crippen MR) is 73.4 cm³/mol. The number of halogens is 3. The van der Waals surface area contributed by atoms with Gasteiger partial charge in [-0.25, -0.2) is 0 Å². The maximum Gasteiger partial charge on any atom is 0.255 e. The molecule has 0 aliphatic heterocycles. The number of benzene rings is 2. The van der Waals surface area contributed by atoms with Crippen molar-refractivity contribution in [2.45, 2.75) is 0 Å². The number of hydrogen-bond donors (Lipinski definition) is 0. The molecule has 0 unspecified atom stereocenters. The van der Waals surface area contributed by atoms with Gasteiger partial charge in [0.05, 0.1) is 5.57 Å². The SMILES string of the molecule is O=C(Cl)C(=C(Cl)Cl)c1cccc2ccccc12. The van der Waals surface area contributed by atoms with Crippen LogP contribution >= 0.6 is 34.8 Å². The first-order valence-electron chi connectivity index (χ1n) is 4.84. The van der Waals surface area contributed by atoms with E-state index in [4.69, 9.17) is 34.8 Å². The van der Waals surface area contributed by atoms with E-state index in [2.05, 4.69) is 0 Å². The summed E-state index contributed by atoms with van der Waals surface area (Å²) in [5.41, 5.74) is 0.773. The third-order valence-electron chi connectivity index (χ3n) is 2.44. The van der Waals surface area contributed by atoms with E-state index in [1.165, 1.54) is 0 Å². The van der Waals surface area contributed by atoms with Gasteiger partial charge in [-0.3, -0.25) is 4.79 Å². The second-order valence-electron chi connectivity index (χ2n) is 3.44. The monoisotopic (exact) mass is 284 g/mol. The van der Waals surface area contributed by atoms with E-state index in [1.54, 1.807) is 6.07 Å². The Bertz CT molecular complexity index is 608. The minimum Gasteiger partial charge on any atom is -0.275 e. The van der Waals surface area contributed by atoms with Gasteiger partial charge in [0.1, 0.15) is 4.49 Å². The molecule has 0 fully saturated rings. The normalized spacial score (nSPS) is 10.3. The Balaban J connectivity index is 2.79. The van der Waals surface area contributed by atoms with Crippen LogP contribution in [0.5, 0.6) is 0 Å². The third-order valence-corrected chi connectivity index (χ3v) is 3.01. The van der Waals surface area contributed by atoms with Crippen LogP contribution in [0.3, 0.4) is 0 Å². The van der Waals surface area contributed by atoms with E-state index in [9.17, 15) is 4.79 Å². The zero-order valence-electron chi connectivity index (χ0n) is 8.58. The van der Waals surface area contributed by atoms with Crippen LogP contribution < -0.4 is 0 Å². The third kappa shape index (κ3) is 2.47. The molecule has 2 aromatic carbocycles. The number of carbonyl (C=O) groups is 1. The van der Waals surface area contributed by atoms with Gasteiger partial charge >= 0.3 is 0 Å². The van der Waals surface area contributed by atoms with Crippen molar-refractivity contribution in [1.29, 1.82) is 0 Å². The summed E-state index contributed by atoms with van der Waals surface area (Å²) < 4.78 is -0.124. The number of allylic oxidation sites excluding steroid dienone is 1. The molecule has 0 heterocycles. The average Bonchev–Trinajstić information content (AvgIpc) is 2.28. The van der Waals surface area contributed by atoms with E-state index in [0.717, 1.165) is 10.8 Å². The standard InChI is InChI=1S/C13H7Cl3O/c14-12(15)11(13(16)17)10-7-3-5-8-4-1-2-6-9(8)10/h1-7H. The lowest BCUT2D eigenvalue weighted by Gasteiger charge is -2.07. The molecule has 0 saturated heterocycles. The molecule has 0 spiro atoms. The fourth-order valence-electron chi connectivity index (χ4n) is 1.73. The van der Waals surface area contributed by atoms with Gasteiger partial charge in [-0.2, -0.15) is 0 Å². The molecule has 0 aliphatic rings. The first kappa shape index (κ1) is 12.4. The molecule has 0 aromatic heterocycles. The highest BCUT2D eigenvalue weighted by Crippen LogP contribution is 2.31. The van der Waals surface area contributed by atoms with E-state index < -0.39 is 5.24 Å². The van der Waals surface area contributed by atoms with Gasteiger partial charge in [0.15, 0.2) is 0 Å². The van der Waals surface area contributed by atoms with Crippen molar-refractivity contribution in [3.05, 3.63) is 52.5 Å². The van der Waals surface area contributed by atoms with E-state index in [1.807, 2.05) is 36.4 Å². The highest BCUT2D eigenvalue weighted by molar-refractivity contribution is 6.78. The molecule has 0 atom stereocenters. The average molecular weight is 286 g/mol. The van der Waals surface area contributed by atoms with Crippen molar-refractivity contribution in [2.75, 3.05) is 0 Å². The topological polar surface area (TPSA) is 17.1 Å². The van der Waals surface area contributed by atoms with Gasteiger partial charge in [-0.15, -0.1) is 0 Å². The van der Waals surface area contributed by atoms with Crippen LogP contribution in [0.25, 0.3) is 16.3 Å². The molecule has 1 nitrogen and oxygen atoms in total. The number of hydrogen-bond acceptors (Lipinski definition) is 1. The van der Waals surface area contributed by atoms with Crippen molar-refractivity contribution in [3.8, 4) is 0 Å². The molecule has 2 aromatic rings. The Morgan fingerprint density at radius 2 is 1.53 bits per heavy atom. The molecule has 2 rings (SSSR count). The van der Waals surface area contributed by atoms with Crippen LogP contribution in [0.1, 0.15) is 5.56 Å². The lowest BCUT2D eigenvalue weighted by atomic mass is 10.00. The number of carbonyl (C=O) groups excluding carboxylic acids is 1. The Morgan fingerprint density at radius 1 is 0.882 bits per heavy atom. The van der Waals surface area contributed by atoms with Crippen LogP contribution in [0.15, 0.2) is 47.0 Å². The summed E-state index contributed by atoms with van der Waals surface area (Å²) >= 11 is 16.9. The Morgan fingerprint density at radius 3 is 2.18 bits per heavy atom. The summed E-state index contributed by atoms with van der Waals surface area (Å²) in [5, 5.41) is 1.22.